The molecule has 5 rings (SSSR count). The Hall–Kier alpha value is -2.97. The Morgan fingerprint density at radius 1 is 1.14 bits per heavy atom. The number of carbonyl (C=O) groups is 3. The lowest BCUT2D eigenvalue weighted by Crippen LogP contribution is -2.56. The van der Waals surface area contributed by atoms with Gasteiger partial charge in [-0.15, -0.1) is 0 Å². The van der Waals surface area contributed by atoms with Crippen LogP contribution in [0.2, 0.25) is 0 Å². The summed E-state index contributed by atoms with van der Waals surface area (Å²) in [5, 5.41) is 18.2. The zero-order valence-corrected chi connectivity index (χ0v) is 22.0. The van der Waals surface area contributed by atoms with Crippen molar-refractivity contribution in [1.29, 1.82) is 0 Å². The summed E-state index contributed by atoms with van der Waals surface area (Å²) >= 11 is 0. The lowest BCUT2D eigenvalue weighted by molar-refractivity contribution is -0.149. The van der Waals surface area contributed by atoms with E-state index in [0.29, 0.717) is 31.4 Å². The highest BCUT2D eigenvalue weighted by atomic mass is 16.5. The van der Waals surface area contributed by atoms with E-state index < -0.39 is 35.1 Å². The molecular formula is C29H37N3O5. The monoisotopic (exact) mass is 507 g/mol. The van der Waals surface area contributed by atoms with Crippen molar-refractivity contribution in [3.63, 3.8) is 0 Å². The van der Waals surface area contributed by atoms with Crippen molar-refractivity contribution in [2.45, 2.75) is 69.7 Å². The van der Waals surface area contributed by atoms with Crippen molar-refractivity contribution < 1.29 is 24.2 Å². The molecule has 1 spiro atoms. The van der Waals surface area contributed by atoms with E-state index in [9.17, 15) is 19.5 Å². The normalized spacial score (nSPS) is 31.1. The van der Waals surface area contributed by atoms with Crippen molar-refractivity contribution in [3.05, 3.63) is 42.5 Å². The fraction of sp³-hybridized carbons (Fsp3) is 0.552. The zero-order valence-electron chi connectivity index (χ0n) is 22.0. The van der Waals surface area contributed by atoms with Crippen LogP contribution in [0.15, 0.2) is 42.5 Å². The second kappa shape index (κ2) is 9.40. The minimum absolute atomic E-state index is 0.195. The molecule has 3 fully saturated rings. The van der Waals surface area contributed by atoms with Gasteiger partial charge in [-0.25, -0.2) is 0 Å². The number of hydrogen-bond acceptors (Lipinski definition) is 5. The van der Waals surface area contributed by atoms with E-state index in [1.165, 1.54) is 0 Å². The third-order valence-electron chi connectivity index (χ3n) is 8.76. The predicted molar refractivity (Wildman–Crippen MR) is 141 cm³/mol. The number of nitrogens with zero attached hydrogens (tertiary/aromatic N) is 1. The standard InChI is InChI=1S/C29H37N3O5/c1-5-28-12-13-29(37-28)23(22(28)25(34)30-4)27(36)32(21(16-33)14-17(2)3)24(29)26(35)31-20-11-10-18-8-6-7-9-19(18)15-20/h6-11,15,17,21-24,33H,5,12-14,16H2,1-4H3,(H,30,34)(H,31,35)/t21-,22+,23+,24?,28-,29?/m1/s1. The number of nitrogens with one attached hydrogen (secondary N) is 2. The number of aliphatic hydroxyl groups is 1. The molecule has 0 saturated carbocycles. The van der Waals surface area contributed by atoms with Gasteiger partial charge in [-0.1, -0.05) is 51.1 Å². The van der Waals surface area contributed by atoms with Crippen molar-refractivity contribution in [2.75, 3.05) is 19.0 Å². The molecule has 0 aromatic heterocycles. The highest BCUT2D eigenvalue weighted by Gasteiger charge is 2.79. The highest BCUT2D eigenvalue weighted by molar-refractivity contribution is 6.04. The molecule has 3 heterocycles. The first-order valence-corrected chi connectivity index (χ1v) is 13.4. The van der Waals surface area contributed by atoms with Gasteiger partial charge in [0.2, 0.25) is 17.7 Å². The van der Waals surface area contributed by atoms with Gasteiger partial charge in [0, 0.05) is 12.7 Å². The summed E-state index contributed by atoms with van der Waals surface area (Å²) in [5.41, 5.74) is -1.27. The van der Waals surface area contributed by atoms with Crippen LogP contribution in [0.4, 0.5) is 5.69 Å². The minimum atomic E-state index is -1.12. The Bertz CT molecular complexity index is 1230. The summed E-state index contributed by atoms with van der Waals surface area (Å²) in [6.45, 7) is 5.75. The number of anilines is 1. The maximum Gasteiger partial charge on any atom is 0.250 e. The second-order valence-corrected chi connectivity index (χ2v) is 11.2. The fourth-order valence-corrected chi connectivity index (χ4v) is 7.20. The SMILES string of the molecule is CC[C@]12CCC3(O1)C(C(=O)Nc1ccc4ccccc4c1)N([C@@H](CO)CC(C)C)C(=O)[C@@H]3[C@H]2C(=O)NC. The smallest absolute Gasteiger partial charge is 0.250 e. The number of amides is 3. The van der Waals surface area contributed by atoms with E-state index in [1.807, 2.05) is 63.2 Å². The molecule has 0 radical (unpaired) electrons. The summed E-state index contributed by atoms with van der Waals surface area (Å²) in [4.78, 5) is 43.0. The maximum absolute atomic E-state index is 14.2. The summed E-state index contributed by atoms with van der Waals surface area (Å²) in [6.07, 6.45) is 2.23. The number of ether oxygens (including phenoxy) is 1. The van der Waals surface area contributed by atoms with E-state index in [4.69, 9.17) is 4.74 Å². The molecule has 198 valence electrons. The third kappa shape index (κ3) is 3.84. The largest absolute Gasteiger partial charge is 0.394 e. The Balaban J connectivity index is 1.58. The number of benzene rings is 2. The molecule has 3 amide bonds. The van der Waals surface area contributed by atoms with E-state index in [1.54, 1.807) is 11.9 Å². The average Bonchev–Trinajstić information content (AvgIpc) is 3.50. The summed E-state index contributed by atoms with van der Waals surface area (Å²) < 4.78 is 6.73. The molecule has 8 heteroatoms. The lowest BCUT2D eigenvalue weighted by Gasteiger charge is -2.37. The van der Waals surface area contributed by atoms with Crippen LogP contribution in [-0.4, -0.2) is 64.7 Å². The molecular weight excluding hydrogens is 470 g/mol. The second-order valence-electron chi connectivity index (χ2n) is 11.2. The van der Waals surface area contributed by atoms with Crippen LogP contribution in [0.25, 0.3) is 10.8 Å². The lowest BCUT2D eigenvalue weighted by atomic mass is 9.65. The molecule has 2 bridgehead atoms. The number of aliphatic hydroxyl groups excluding tert-OH is 1. The summed E-state index contributed by atoms with van der Waals surface area (Å²) in [5.74, 6) is -2.11. The maximum atomic E-state index is 14.2. The number of rotatable bonds is 8. The Morgan fingerprint density at radius 3 is 2.51 bits per heavy atom. The van der Waals surface area contributed by atoms with Gasteiger partial charge in [0.15, 0.2) is 0 Å². The molecule has 37 heavy (non-hydrogen) atoms. The van der Waals surface area contributed by atoms with Gasteiger partial charge in [-0.05, 0) is 54.5 Å². The topological polar surface area (TPSA) is 108 Å². The van der Waals surface area contributed by atoms with Gasteiger partial charge in [-0.3, -0.25) is 14.4 Å². The third-order valence-corrected chi connectivity index (χ3v) is 8.76. The molecule has 0 aliphatic carbocycles. The highest BCUT2D eigenvalue weighted by Crippen LogP contribution is 2.64. The van der Waals surface area contributed by atoms with Crippen LogP contribution in [0.3, 0.4) is 0 Å². The van der Waals surface area contributed by atoms with Crippen LogP contribution >= 0.6 is 0 Å². The van der Waals surface area contributed by atoms with Crippen molar-refractivity contribution >= 4 is 34.2 Å². The van der Waals surface area contributed by atoms with Crippen LogP contribution < -0.4 is 10.6 Å². The quantitative estimate of drug-likeness (QED) is 0.509. The molecule has 2 aromatic rings. The molecule has 3 aliphatic heterocycles. The molecule has 3 saturated heterocycles. The first kappa shape index (κ1) is 25.7. The Labute approximate surface area is 217 Å². The number of carbonyl (C=O) groups excluding carboxylic acids is 3. The van der Waals surface area contributed by atoms with Crippen LogP contribution in [0, 0.1) is 17.8 Å². The molecule has 3 aliphatic rings. The van der Waals surface area contributed by atoms with Crippen LogP contribution in [0.1, 0.15) is 46.5 Å². The zero-order chi connectivity index (χ0) is 26.5. The summed E-state index contributed by atoms with van der Waals surface area (Å²) in [6, 6.07) is 12.1. The molecule has 2 aromatic carbocycles. The van der Waals surface area contributed by atoms with Gasteiger partial charge >= 0.3 is 0 Å². The van der Waals surface area contributed by atoms with Gasteiger partial charge in [0.25, 0.3) is 0 Å². The Morgan fingerprint density at radius 2 is 1.86 bits per heavy atom. The molecule has 3 N–H and O–H groups in total. The van der Waals surface area contributed by atoms with Crippen molar-refractivity contribution in [3.8, 4) is 0 Å². The number of likely N-dealkylation sites (tertiary alicyclic amines) is 1. The molecule has 6 atom stereocenters. The van der Waals surface area contributed by atoms with Crippen molar-refractivity contribution in [1.82, 2.24) is 10.2 Å². The van der Waals surface area contributed by atoms with Gasteiger partial charge < -0.3 is 25.4 Å². The minimum Gasteiger partial charge on any atom is -0.394 e. The van der Waals surface area contributed by atoms with Gasteiger partial charge in [0.1, 0.15) is 11.6 Å². The Kier molecular flexibility index (Phi) is 6.52. The first-order valence-electron chi connectivity index (χ1n) is 13.4. The van der Waals surface area contributed by atoms with Crippen LogP contribution in [-0.2, 0) is 19.1 Å². The van der Waals surface area contributed by atoms with E-state index in [-0.39, 0.29) is 30.2 Å². The number of fused-ring (bicyclic) bond motifs is 2. The number of hydrogen-bond donors (Lipinski definition) is 3. The van der Waals surface area contributed by atoms with Crippen molar-refractivity contribution in [2.24, 2.45) is 17.8 Å². The average molecular weight is 508 g/mol. The van der Waals surface area contributed by atoms with E-state index in [0.717, 1.165) is 10.8 Å². The van der Waals surface area contributed by atoms with Crippen LogP contribution in [0.5, 0.6) is 0 Å². The van der Waals surface area contributed by atoms with E-state index >= 15 is 0 Å². The molecule has 2 unspecified atom stereocenters. The first-order chi connectivity index (χ1) is 17.7. The molecule has 8 nitrogen and oxygen atoms in total. The van der Waals surface area contributed by atoms with Gasteiger partial charge in [-0.2, -0.15) is 0 Å². The van der Waals surface area contributed by atoms with Gasteiger partial charge in [0.05, 0.1) is 30.1 Å². The fourth-order valence-electron chi connectivity index (χ4n) is 7.20. The summed E-state index contributed by atoms with van der Waals surface area (Å²) in [7, 11) is 1.57. The van der Waals surface area contributed by atoms with E-state index in [2.05, 4.69) is 10.6 Å². The predicted octanol–water partition coefficient (Wildman–Crippen LogP) is 3.09.